The molecule has 0 aliphatic carbocycles. The lowest BCUT2D eigenvalue weighted by molar-refractivity contribution is 0.0936. The molecule has 2 N–H and O–H groups in total. The molecule has 1 aromatic rings. The second-order valence-corrected chi connectivity index (χ2v) is 5.10. The van der Waals surface area contributed by atoms with Gasteiger partial charge in [-0.3, -0.25) is 9.69 Å². The van der Waals surface area contributed by atoms with E-state index in [9.17, 15) is 4.79 Å². The Bertz CT molecular complexity index is 432. The number of nitrogens with one attached hydrogen (secondary N) is 2. The zero-order chi connectivity index (χ0) is 14.4. The Morgan fingerprint density at radius 1 is 1.45 bits per heavy atom. The Morgan fingerprint density at radius 2 is 2.30 bits per heavy atom. The highest BCUT2D eigenvalue weighted by Gasteiger charge is 2.23. The summed E-state index contributed by atoms with van der Waals surface area (Å²) in [6.45, 7) is 7.96. The average Bonchev–Trinajstić information content (AvgIpc) is 2.93. The summed E-state index contributed by atoms with van der Waals surface area (Å²) in [6, 6.07) is 4.13. The van der Waals surface area contributed by atoms with Crippen LogP contribution in [0.1, 0.15) is 37.2 Å². The zero-order valence-electron chi connectivity index (χ0n) is 12.4. The van der Waals surface area contributed by atoms with Crippen LogP contribution in [0.5, 0.6) is 0 Å². The fraction of sp³-hybridized carbons (Fsp3) is 0.600. The number of hydrogen-bond donors (Lipinski definition) is 2. The van der Waals surface area contributed by atoms with Crippen LogP contribution in [-0.4, -0.2) is 48.0 Å². The molecule has 1 saturated heterocycles. The lowest BCUT2D eigenvalue weighted by Crippen LogP contribution is -2.40. The van der Waals surface area contributed by atoms with Gasteiger partial charge in [-0.15, -0.1) is 0 Å². The van der Waals surface area contributed by atoms with E-state index in [1.165, 1.54) is 12.8 Å². The molecule has 0 spiro atoms. The van der Waals surface area contributed by atoms with E-state index in [1.807, 2.05) is 13.0 Å². The molecule has 1 aliphatic heterocycles. The van der Waals surface area contributed by atoms with Gasteiger partial charge >= 0.3 is 0 Å². The van der Waals surface area contributed by atoms with Crippen LogP contribution in [0.2, 0.25) is 0 Å². The molecule has 0 bridgehead atoms. The molecule has 0 radical (unpaired) electrons. The maximum Gasteiger partial charge on any atom is 0.269 e. The Labute approximate surface area is 120 Å². The van der Waals surface area contributed by atoms with Gasteiger partial charge in [0.1, 0.15) is 5.69 Å². The third kappa shape index (κ3) is 3.70. The van der Waals surface area contributed by atoms with Gasteiger partial charge in [-0.25, -0.2) is 4.98 Å². The molecule has 0 saturated carbocycles. The summed E-state index contributed by atoms with van der Waals surface area (Å²) in [4.78, 5) is 18.7. The van der Waals surface area contributed by atoms with Gasteiger partial charge in [0.15, 0.2) is 0 Å². The first-order valence-electron chi connectivity index (χ1n) is 7.46. The molecule has 1 amide bonds. The van der Waals surface area contributed by atoms with Crippen LogP contribution in [0.15, 0.2) is 18.3 Å². The minimum atomic E-state index is -0.0870. The third-order valence-corrected chi connectivity index (χ3v) is 3.78. The fourth-order valence-electron chi connectivity index (χ4n) is 2.68. The van der Waals surface area contributed by atoms with E-state index in [0.29, 0.717) is 18.3 Å². The summed E-state index contributed by atoms with van der Waals surface area (Å²) in [5, 5.41) is 6.16. The maximum absolute atomic E-state index is 12.1. The summed E-state index contributed by atoms with van der Waals surface area (Å²) in [6.07, 6.45) is 4.09. The molecule has 110 valence electrons. The number of nitrogens with zero attached hydrogens (tertiary/aromatic N) is 2. The van der Waals surface area contributed by atoms with Gasteiger partial charge in [-0.05, 0) is 45.0 Å². The van der Waals surface area contributed by atoms with E-state index in [0.717, 1.165) is 25.3 Å². The molecule has 1 atom stereocenters. The highest BCUT2D eigenvalue weighted by atomic mass is 16.1. The van der Waals surface area contributed by atoms with Gasteiger partial charge in [-0.1, -0.05) is 6.92 Å². The Morgan fingerprint density at radius 3 is 2.95 bits per heavy atom. The van der Waals surface area contributed by atoms with Gasteiger partial charge in [0.05, 0.1) is 11.9 Å². The standard InChI is InChI=1S/C15H24N4O/c1-3-16-12-7-8-14(17-10-12)15(20)18-11-13-6-5-9-19(13)4-2/h7-8,10,13,16H,3-6,9,11H2,1-2H3,(H,18,20). The number of likely N-dealkylation sites (tertiary alicyclic amines) is 1. The third-order valence-electron chi connectivity index (χ3n) is 3.78. The first-order valence-corrected chi connectivity index (χ1v) is 7.46. The number of hydrogen-bond acceptors (Lipinski definition) is 4. The molecule has 5 nitrogen and oxygen atoms in total. The molecule has 1 aliphatic rings. The minimum absolute atomic E-state index is 0.0870. The number of carbonyl (C=O) groups is 1. The van der Waals surface area contributed by atoms with Crippen LogP contribution < -0.4 is 10.6 Å². The molecule has 5 heteroatoms. The molecule has 2 heterocycles. The Kier molecular flexibility index (Phi) is 5.35. The molecular formula is C15H24N4O. The second-order valence-electron chi connectivity index (χ2n) is 5.10. The minimum Gasteiger partial charge on any atom is -0.384 e. The molecule has 20 heavy (non-hydrogen) atoms. The summed E-state index contributed by atoms with van der Waals surface area (Å²) in [5.41, 5.74) is 1.42. The number of likely N-dealkylation sites (N-methyl/N-ethyl adjacent to an activating group) is 1. The van der Waals surface area contributed by atoms with Gasteiger partial charge < -0.3 is 10.6 Å². The van der Waals surface area contributed by atoms with E-state index in [1.54, 1.807) is 12.3 Å². The van der Waals surface area contributed by atoms with Crippen molar-refractivity contribution >= 4 is 11.6 Å². The fourth-order valence-corrected chi connectivity index (χ4v) is 2.68. The van der Waals surface area contributed by atoms with Gasteiger partial charge in [0, 0.05) is 19.1 Å². The first-order chi connectivity index (χ1) is 9.74. The van der Waals surface area contributed by atoms with E-state index < -0.39 is 0 Å². The molecule has 2 rings (SSSR count). The van der Waals surface area contributed by atoms with Crippen molar-refractivity contribution < 1.29 is 4.79 Å². The van der Waals surface area contributed by atoms with E-state index in [2.05, 4.69) is 27.4 Å². The highest BCUT2D eigenvalue weighted by molar-refractivity contribution is 5.92. The van der Waals surface area contributed by atoms with Crippen molar-refractivity contribution in [3.8, 4) is 0 Å². The predicted molar refractivity (Wildman–Crippen MR) is 81.0 cm³/mol. The Balaban J connectivity index is 1.85. The lowest BCUT2D eigenvalue weighted by atomic mass is 10.2. The number of rotatable bonds is 6. The van der Waals surface area contributed by atoms with Gasteiger partial charge in [-0.2, -0.15) is 0 Å². The summed E-state index contributed by atoms with van der Waals surface area (Å²) >= 11 is 0. The van der Waals surface area contributed by atoms with Crippen molar-refractivity contribution in [3.05, 3.63) is 24.0 Å². The zero-order valence-corrected chi connectivity index (χ0v) is 12.4. The summed E-state index contributed by atoms with van der Waals surface area (Å²) < 4.78 is 0. The summed E-state index contributed by atoms with van der Waals surface area (Å²) in [7, 11) is 0. The largest absolute Gasteiger partial charge is 0.384 e. The molecule has 1 unspecified atom stereocenters. The number of pyridine rings is 1. The van der Waals surface area contributed by atoms with E-state index in [4.69, 9.17) is 0 Å². The van der Waals surface area contributed by atoms with Crippen LogP contribution in [0, 0.1) is 0 Å². The van der Waals surface area contributed by atoms with Crippen LogP contribution >= 0.6 is 0 Å². The van der Waals surface area contributed by atoms with Crippen LogP contribution in [0.4, 0.5) is 5.69 Å². The topological polar surface area (TPSA) is 57.3 Å². The molecule has 1 fully saturated rings. The predicted octanol–water partition coefficient (Wildman–Crippen LogP) is 1.73. The molecule has 0 aromatic carbocycles. The molecule has 1 aromatic heterocycles. The van der Waals surface area contributed by atoms with E-state index in [-0.39, 0.29) is 5.91 Å². The second kappa shape index (κ2) is 7.24. The van der Waals surface area contributed by atoms with Gasteiger partial charge in [0.2, 0.25) is 0 Å². The smallest absolute Gasteiger partial charge is 0.269 e. The Hall–Kier alpha value is -1.62. The van der Waals surface area contributed by atoms with Crippen molar-refractivity contribution in [3.63, 3.8) is 0 Å². The normalized spacial score (nSPS) is 19.0. The number of aromatic nitrogens is 1. The van der Waals surface area contributed by atoms with Crippen molar-refractivity contribution in [1.29, 1.82) is 0 Å². The molecular weight excluding hydrogens is 252 g/mol. The van der Waals surface area contributed by atoms with Crippen molar-refractivity contribution in [1.82, 2.24) is 15.2 Å². The average molecular weight is 276 g/mol. The van der Waals surface area contributed by atoms with Crippen molar-refractivity contribution in [2.45, 2.75) is 32.7 Å². The quantitative estimate of drug-likeness (QED) is 0.831. The lowest BCUT2D eigenvalue weighted by Gasteiger charge is -2.22. The van der Waals surface area contributed by atoms with Crippen molar-refractivity contribution in [2.24, 2.45) is 0 Å². The van der Waals surface area contributed by atoms with E-state index >= 15 is 0 Å². The highest BCUT2D eigenvalue weighted by Crippen LogP contribution is 2.15. The van der Waals surface area contributed by atoms with Crippen molar-refractivity contribution in [2.75, 3.05) is 31.5 Å². The first kappa shape index (κ1) is 14.8. The number of anilines is 1. The number of amides is 1. The van der Waals surface area contributed by atoms with Crippen LogP contribution in [0.25, 0.3) is 0 Å². The van der Waals surface area contributed by atoms with Gasteiger partial charge in [0.25, 0.3) is 5.91 Å². The van der Waals surface area contributed by atoms with Crippen LogP contribution in [-0.2, 0) is 0 Å². The number of carbonyl (C=O) groups excluding carboxylic acids is 1. The monoisotopic (exact) mass is 276 g/mol. The maximum atomic E-state index is 12.1. The summed E-state index contributed by atoms with van der Waals surface area (Å²) in [5.74, 6) is -0.0870. The SMILES string of the molecule is CCNc1ccc(C(=O)NCC2CCCN2CC)nc1. The van der Waals surface area contributed by atoms with Crippen LogP contribution in [0.3, 0.4) is 0 Å².